The van der Waals surface area contributed by atoms with E-state index in [4.69, 9.17) is 23.2 Å². The fraction of sp³-hybridized carbons (Fsp3) is 0.133. The van der Waals surface area contributed by atoms with Gasteiger partial charge in [-0.05, 0) is 30.3 Å². The number of pyridine rings is 1. The van der Waals surface area contributed by atoms with Gasteiger partial charge in [0.1, 0.15) is 0 Å². The molecule has 0 aliphatic heterocycles. The van der Waals surface area contributed by atoms with Crippen LogP contribution in [0.5, 0.6) is 0 Å². The first-order valence-corrected chi connectivity index (χ1v) is 7.30. The van der Waals surface area contributed by atoms with Gasteiger partial charge in [0.2, 0.25) is 0 Å². The Balaban J connectivity index is 1.84. The van der Waals surface area contributed by atoms with Crippen molar-refractivity contribution in [3.05, 3.63) is 64.0 Å². The summed E-state index contributed by atoms with van der Waals surface area (Å²) in [5.41, 5.74) is 1.18. The minimum absolute atomic E-state index is 0.183. The van der Waals surface area contributed by atoms with Gasteiger partial charge in [-0.25, -0.2) is 0 Å². The monoisotopic (exact) mass is 334 g/mol. The molecule has 3 aromatic rings. The van der Waals surface area contributed by atoms with Gasteiger partial charge in [-0.2, -0.15) is 0 Å². The number of amides is 1. The second kappa shape index (κ2) is 5.94. The average molecular weight is 335 g/mol. The molecule has 0 saturated carbocycles. The molecule has 3 rings (SSSR count). The first kappa shape index (κ1) is 14.8. The Morgan fingerprint density at radius 1 is 1.18 bits per heavy atom. The van der Waals surface area contributed by atoms with E-state index in [9.17, 15) is 4.79 Å². The van der Waals surface area contributed by atoms with Crippen molar-refractivity contribution in [2.24, 2.45) is 0 Å². The van der Waals surface area contributed by atoms with Crippen molar-refractivity contribution in [1.82, 2.24) is 19.5 Å². The molecule has 0 saturated heterocycles. The van der Waals surface area contributed by atoms with E-state index in [1.54, 1.807) is 30.1 Å². The number of halogens is 2. The minimum atomic E-state index is -0.183. The average Bonchev–Trinajstić information content (AvgIpc) is 2.89. The Morgan fingerprint density at radius 2 is 1.91 bits per heavy atom. The summed E-state index contributed by atoms with van der Waals surface area (Å²) >= 11 is 11.9. The van der Waals surface area contributed by atoms with Crippen molar-refractivity contribution in [3.63, 3.8) is 0 Å². The molecule has 22 heavy (non-hydrogen) atoms. The van der Waals surface area contributed by atoms with Crippen LogP contribution >= 0.6 is 23.2 Å². The lowest BCUT2D eigenvalue weighted by atomic mass is 10.2. The number of hydrogen-bond donors (Lipinski definition) is 0. The Bertz CT molecular complexity index is 826. The normalized spacial score (nSPS) is 10.9. The quantitative estimate of drug-likeness (QED) is 0.738. The van der Waals surface area contributed by atoms with Crippen LogP contribution in [0.4, 0.5) is 0 Å². The number of benzene rings is 1. The maximum atomic E-state index is 12.5. The first-order valence-electron chi connectivity index (χ1n) is 6.55. The number of carbonyl (C=O) groups is 1. The van der Waals surface area contributed by atoms with Crippen LogP contribution in [0.2, 0.25) is 10.0 Å². The fourth-order valence-corrected chi connectivity index (χ4v) is 2.71. The predicted octanol–water partition coefficient (Wildman–Crippen LogP) is 3.31. The van der Waals surface area contributed by atoms with E-state index >= 15 is 0 Å². The van der Waals surface area contributed by atoms with Crippen molar-refractivity contribution >= 4 is 34.8 Å². The maximum absolute atomic E-state index is 12.5. The van der Waals surface area contributed by atoms with Crippen LogP contribution in [-0.4, -0.2) is 32.5 Å². The summed E-state index contributed by atoms with van der Waals surface area (Å²) in [4.78, 5) is 14.0. The lowest BCUT2D eigenvalue weighted by Gasteiger charge is -2.16. The summed E-state index contributed by atoms with van der Waals surface area (Å²) < 4.78 is 1.84. The summed E-state index contributed by atoms with van der Waals surface area (Å²) in [5, 5.41) is 9.03. The van der Waals surface area contributed by atoms with E-state index in [0.29, 0.717) is 28.0 Å². The van der Waals surface area contributed by atoms with Crippen LogP contribution in [0.15, 0.2) is 42.6 Å². The number of nitrogens with zero attached hydrogens (tertiary/aromatic N) is 4. The third-order valence-electron chi connectivity index (χ3n) is 3.22. The van der Waals surface area contributed by atoms with E-state index in [-0.39, 0.29) is 5.91 Å². The Hall–Kier alpha value is -2.11. The van der Waals surface area contributed by atoms with Gasteiger partial charge >= 0.3 is 0 Å². The molecule has 0 unspecified atom stereocenters. The summed E-state index contributed by atoms with van der Waals surface area (Å²) in [6.45, 7) is 0.328. The molecule has 0 atom stereocenters. The lowest BCUT2D eigenvalue weighted by Crippen LogP contribution is -2.27. The standard InChI is InChI=1S/C15H12Cl2N4O/c1-20(15(22)10-6-11(16)8-12(17)7-10)9-14-19-18-13-4-2-3-5-21(13)14/h2-8H,9H2,1H3. The molecule has 0 N–H and O–H groups in total. The molecule has 112 valence electrons. The van der Waals surface area contributed by atoms with Gasteiger partial charge in [0, 0.05) is 28.9 Å². The summed E-state index contributed by atoms with van der Waals surface area (Å²) in [7, 11) is 1.70. The van der Waals surface area contributed by atoms with E-state index in [1.807, 2.05) is 28.8 Å². The highest BCUT2D eigenvalue weighted by molar-refractivity contribution is 6.35. The van der Waals surface area contributed by atoms with Crippen molar-refractivity contribution in [2.75, 3.05) is 7.05 Å². The molecule has 0 aliphatic rings. The van der Waals surface area contributed by atoms with Crippen molar-refractivity contribution in [2.45, 2.75) is 6.54 Å². The zero-order valence-corrected chi connectivity index (χ0v) is 13.2. The number of rotatable bonds is 3. The zero-order chi connectivity index (χ0) is 15.7. The van der Waals surface area contributed by atoms with E-state index in [2.05, 4.69) is 10.2 Å². The van der Waals surface area contributed by atoms with E-state index in [1.165, 1.54) is 0 Å². The van der Waals surface area contributed by atoms with Gasteiger partial charge in [0.05, 0.1) is 6.54 Å². The topological polar surface area (TPSA) is 50.5 Å². The highest BCUT2D eigenvalue weighted by Gasteiger charge is 2.16. The molecule has 0 aliphatic carbocycles. The molecule has 0 bridgehead atoms. The molecular formula is C15H12Cl2N4O. The van der Waals surface area contributed by atoms with E-state index in [0.717, 1.165) is 5.65 Å². The van der Waals surface area contributed by atoms with Gasteiger partial charge in [-0.1, -0.05) is 29.3 Å². The number of hydrogen-bond acceptors (Lipinski definition) is 3. The van der Waals surface area contributed by atoms with Gasteiger partial charge in [0.15, 0.2) is 11.5 Å². The molecule has 1 amide bonds. The summed E-state index contributed by atoms with van der Waals surface area (Å²) in [5.74, 6) is 0.497. The van der Waals surface area contributed by atoms with Crippen LogP contribution in [0.3, 0.4) is 0 Å². The lowest BCUT2D eigenvalue weighted by molar-refractivity contribution is 0.0781. The molecule has 5 nitrogen and oxygen atoms in total. The van der Waals surface area contributed by atoms with Crippen LogP contribution in [0.25, 0.3) is 5.65 Å². The summed E-state index contributed by atoms with van der Waals surface area (Å²) in [6.07, 6.45) is 1.86. The fourth-order valence-electron chi connectivity index (χ4n) is 2.18. The third-order valence-corrected chi connectivity index (χ3v) is 3.66. The number of fused-ring (bicyclic) bond motifs is 1. The van der Waals surface area contributed by atoms with Crippen LogP contribution in [-0.2, 0) is 6.54 Å². The first-order chi connectivity index (χ1) is 10.5. The van der Waals surface area contributed by atoms with Gasteiger partial charge in [-0.15, -0.1) is 10.2 Å². The van der Waals surface area contributed by atoms with Crippen molar-refractivity contribution < 1.29 is 4.79 Å². The molecule has 0 fully saturated rings. The van der Waals surface area contributed by atoms with E-state index < -0.39 is 0 Å². The Kier molecular flexibility index (Phi) is 4.00. The van der Waals surface area contributed by atoms with Gasteiger partial charge in [0.25, 0.3) is 5.91 Å². The number of aromatic nitrogens is 3. The minimum Gasteiger partial charge on any atom is -0.334 e. The molecule has 1 aromatic carbocycles. The highest BCUT2D eigenvalue weighted by Crippen LogP contribution is 2.20. The SMILES string of the molecule is CN(Cc1nnc2ccccn12)C(=O)c1cc(Cl)cc(Cl)c1. The van der Waals surface area contributed by atoms with Crippen LogP contribution in [0, 0.1) is 0 Å². The van der Waals surface area contributed by atoms with Gasteiger partial charge in [-0.3, -0.25) is 9.20 Å². The molecule has 0 radical (unpaired) electrons. The molecule has 2 aromatic heterocycles. The second-order valence-corrected chi connectivity index (χ2v) is 5.74. The van der Waals surface area contributed by atoms with Crippen molar-refractivity contribution in [1.29, 1.82) is 0 Å². The zero-order valence-electron chi connectivity index (χ0n) is 11.7. The maximum Gasteiger partial charge on any atom is 0.254 e. The molecular weight excluding hydrogens is 323 g/mol. The molecule has 0 spiro atoms. The third kappa shape index (κ3) is 2.91. The second-order valence-electron chi connectivity index (χ2n) is 4.86. The van der Waals surface area contributed by atoms with Crippen molar-refractivity contribution in [3.8, 4) is 0 Å². The van der Waals surface area contributed by atoms with Crippen LogP contribution < -0.4 is 0 Å². The predicted molar refractivity (Wildman–Crippen MR) is 85.2 cm³/mol. The van der Waals surface area contributed by atoms with Gasteiger partial charge < -0.3 is 4.90 Å². The summed E-state index contributed by atoms with van der Waals surface area (Å²) in [6, 6.07) is 10.4. The highest BCUT2D eigenvalue weighted by atomic mass is 35.5. The smallest absolute Gasteiger partial charge is 0.254 e. The molecule has 2 heterocycles. The van der Waals surface area contributed by atoms with Crippen LogP contribution in [0.1, 0.15) is 16.2 Å². The number of carbonyl (C=O) groups excluding carboxylic acids is 1. The Morgan fingerprint density at radius 3 is 2.64 bits per heavy atom. The molecule has 7 heteroatoms. The Labute approximate surface area is 137 Å². The largest absolute Gasteiger partial charge is 0.334 e.